The zero-order chi connectivity index (χ0) is 12.4. The first-order chi connectivity index (χ1) is 8.86. The second-order valence-corrected chi connectivity index (χ2v) is 4.76. The number of thiazole rings is 1. The molecule has 0 saturated heterocycles. The van der Waals surface area contributed by atoms with E-state index in [1.54, 1.807) is 17.2 Å². The van der Waals surface area contributed by atoms with Crippen LogP contribution in [0.1, 0.15) is 4.88 Å². The highest BCUT2D eigenvalue weighted by atomic mass is 32.1. The smallest absolute Gasteiger partial charge is 0.145 e. The number of hydrogen-bond acceptors (Lipinski definition) is 5. The van der Waals surface area contributed by atoms with Crippen LogP contribution in [0.3, 0.4) is 0 Å². The van der Waals surface area contributed by atoms with Crippen LogP contribution in [0.15, 0.2) is 42.7 Å². The van der Waals surface area contributed by atoms with E-state index < -0.39 is 0 Å². The van der Waals surface area contributed by atoms with E-state index in [1.165, 1.54) is 11.3 Å². The Labute approximate surface area is 107 Å². The van der Waals surface area contributed by atoms with Gasteiger partial charge in [-0.2, -0.15) is 9.90 Å². The standard InChI is InChI=1S/C12H10N4OS/c17-8-10-6-13-12(18-10)11-7-14-16(15-11)9-4-2-1-3-5-9/h1-7,17H,8H2. The van der Waals surface area contributed by atoms with Crippen LogP contribution in [-0.2, 0) is 6.61 Å². The van der Waals surface area contributed by atoms with E-state index in [2.05, 4.69) is 15.2 Å². The number of aromatic nitrogens is 4. The summed E-state index contributed by atoms with van der Waals surface area (Å²) >= 11 is 1.42. The number of hydrogen-bond donors (Lipinski definition) is 1. The zero-order valence-electron chi connectivity index (χ0n) is 9.39. The van der Waals surface area contributed by atoms with Gasteiger partial charge in [-0.1, -0.05) is 18.2 Å². The van der Waals surface area contributed by atoms with Gasteiger partial charge in [0.2, 0.25) is 0 Å². The molecule has 2 heterocycles. The van der Waals surface area contributed by atoms with Gasteiger partial charge in [-0.15, -0.1) is 16.4 Å². The summed E-state index contributed by atoms with van der Waals surface area (Å²) in [6.45, 7) is 0.00445. The normalized spacial score (nSPS) is 10.7. The number of para-hydroxylation sites is 1. The van der Waals surface area contributed by atoms with Crippen molar-refractivity contribution in [2.75, 3.05) is 0 Å². The first-order valence-electron chi connectivity index (χ1n) is 5.40. The number of aliphatic hydroxyl groups excluding tert-OH is 1. The van der Waals surface area contributed by atoms with Crippen molar-refractivity contribution >= 4 is 11.3 Å². The molecule has 0 aliphatic carbocycles. The van der Waals surface area contributed by atoms with Crippen LogP contribution >= 0.6 is 11.3 Å². The van der Waals surface area contributed by atoms with Crippen LogP contribution < -0.4 is 0 Å². The summed E-state index contributed by atoms with van der Waals surface area (Å²) in [4.78, 5) is 6.59. The molecule has 0 bridgehead atoms. The quantitative estimate of drug-likeness (QED) is 0.779. The van der Waals surface area contributed by atoms with Gasteiger partial charge in [-0.25, -0.2) is 4.98 Å². The Bertz CT molecular complexity index is 647. The van der Waals surface area contributed by atoms with Crippen molar-refractivity contribution in [2.45, 2.75) is 6.61 Å². The topological polar surface area (TPSA) is 63.8 Å². The molecular weight excluding hydrogens is 248 g/mol. The summed E-state index contributed by atoms with van der Waals surface area (Å²) in [7, 11) is 0. The summed E-state index contributed by atoms with van der Waals surface area (Å²) in [5, 5.41) is 18.4. The number of aliphatic hydroxyl groups is 1. The van der Waals surface area contributed by atoms with Gasteiger partial charge >= 0.3 is 0 Å². The third-order valence-electron chi connectivity index (χ3n) is 2.41. The Morgan fingerprint density at radius 3 is 2.72 bits per heavy atom. The Balaban J connectivity index is 1.94. The first-order valence-corrected chi connectivity index (χ1v) is 6.22. The summed E-state index contributed by atoms with van der Waals surface area (Å²) in [5.74, 6) is 0. The molecule has 1 aromatic carbocycles. The average Bonchev–Trinajstić information content (AvgIpc) is 3.08. The lowest BCUT2D eigenvalue weighted by atomic mass is 10.3. The van der Waals surface area contributed by atoms with E-state index in [9.17, 15) is 0 Å². The number of nitrogens with zero attached hydrogens (tertiary/aromatic N) is 4. The fourth-order valence-corrected chi connectivity index (χ4v) is 2.27. The highest BCUT2D eigenvalue weighted by Gasteiger charge is 2.09. The van der Waals surface area contributed by atoms with Gasteiger partial charge in [-0.05, 0) is 12.1 Å². The SMILES string of the molecule is OCc1cnc(-c2cnn(-c3ccccc3)n2)s1. The molecule has 1 N–H and O–H groups in total. The molecule has 3 rings (SSSR count). The monoisotopic (exact) mass is 258 g/mol. The molecule has 6 heteroatoms. The Morgan fingerprint density at radius 2 is 2.00 bits per heavy atom. The molecule has 0 spiro atoms. The van der Waals surface area contributed by atoms with Gasteiger partial charge in [0.05, 0.1) is 23.4 Å². The molecule has 3 aromatic rings. The minimum Gasteiger partial charge on any atom is -0.391 e. The van der Waals surface area contributed by atoms with Gasteiger partial charge in [0.15, 0.2) is 0 Å². The van der Waals surface area contributed by atoms with Crippen molar-refractivity contribution in [3.8, 4) is 16.4 Å². The maximum absolute atomic E-state index is 9.01. The lowest BCUT2D eigenvalue weighted by Gasteiger charge is -1.96. The molecule has 0 saturated carbocycles. The van der Waals surface area contributed by atoms with Crippen LogP contribution in [-0.4, -0.2) is 25.1 Å². The first kappa shape index (κ1) is 11.1. The van der Waals surface area contributed by atoms with Gasteiger partial charge in [-0.3, -0.25) is 0 Å². The minimum atomic E-state index is 0.00445. The molecule has 5 nitrogen and oxygen atoms in total. The molecule has 0 aliphatic rings. The third kappa shape index (κ3) is 2.03. The Morgan fingerprint density at radius 1 is 1.17 bits per heavy atom. The summed E-state index contributed by atoms with van der Waals surface area (Å²) in [5.41, 5.74) is 1.62. The molecule has 0 aliphatic heterocycles. The van der Waals surface area contributed by atoms with Crippen molar-refractivity contribution < 1.29 is 5.11 Å². The lowest BCUT2D eigenvalue weighted by molar-refractivity contribution is 0.285. The fourth-order valence-electron chi connectivity index (χ4n) is 1.55. The molecular formula is C12H10N4OS. The van der Waals surface area contributed by atoms with Gasteiger partial charge in [0.25, 0.3) is 0 Å². The van der Waals surface area contributed by atoms with Crippen LogP contribution in [0.25, 0.3) is 16.4 Å². The predicted octanol–water partition coefficient (Wildman–Crippen LogP) is 1.88. The number of rotatable bonds is 3. The second-order valence-electron chi connectivity index (χ2n) is 3.64. The number of benzene rings is 1. The molecule has 2 aromatic heterocycles. The molecule has 0 radical (unpaired) electrons. The van der Waals surface area contributed by atoms with Gasteiger partial charge < -0.3 is 5.11 Å². The average molecular weight is 258 g/mol. The minimum absolute atomic E-state index is 0.00445. The fraction of sp³-hybridized carbons (Fsp3) is 0.0833. The predicted molar refractivity (Wildman–Crippen MR) is 68.4 cm³/mol. The summed E-state index contributed by atoms with van der Waals surface area (Å²) in [6.07, 6.45) is 3.33. The van der Waals surface area contributed by atoms with Crippen molar-refractivity contribution in [3.05, 3.63) is 47.6 Å². The second kappa shape index (κ2) is 4.67. The highest BCUT2D eigenvalue weighted by Crippen LogP contribution is 2.23. The molecule has 18 heavy (non-hydrogen) atoms. The largest absolute Gasteiger partial charge is 0.391 e. The highest BCUT2D eigenvalue weighted by molar-refractivity contribution is 7.14. The van der Waals surface area contributed by atoms with Crippen molar-refractivity contribution in [1.29, 1.82) is 0 Å². The van der Waals surface area contributed by atoms with Crippen LogP contribution in [0.2, 0.25) is 0 Å². The van der Waals surface area contributed by atoms with Crippen molar-refractivity contribution in [2.24, 2.45) is 0 Å². The molecule has 0 unspecified atom stereocenters. The van der Waals surface area contributed by atoms with Crippen LogP contribution in [0.5, 0.6) is 0 Å². The third-order valence-corrected chi connectivity index (χ3v) is 3.41. The van der Waals surface area contributed by atoms with E-state index in [4.69, 9.17) is 5.11 Å². The van der Waals surface area contributed by atoms with E-state index in [-0.39, 0.29) is 6.61 Å². The summed E-state index contributed by atoms with van der Waals surface area (Å²) < 4.78 is 0. The van der Waals surface area contributed by atoms with Gasteiger partial charge in [0.1, 0.15) is 10.7 Å². The van der Waals surface area contributed by atoms with E-state index in [0.717, 1.165) is 15.6 Å². The lowest BCUT2D eigenvalue weighted by Crippen LogP contribution is -1.97. The zero-order valence-corrected chi connectivity index (χ0v) is 10.2. The Kier molecular flexibility index (Phi) is 2.87. The van der Waals surface area contributed by atoms with E-state index in [1.807, 2.05) is 30.3 Å². The van der Waals surface area contributed by atoms with Crippen LogP contribution in [0.4, 0.5) is 0 Å². The molecule has 0 fully saturated rings. The Hall–Kier alpha value is -2.05. The van der Waals surface area contributed by atoms with Crippen LogP contribution in [0, 0.1) is 0 Å². The summed E-state index contributed by atoms with van der Waals surface area (Å²) in [6, 6.07) is 9.69. The van der Waals surface area contributed by atoms with E-state index >= 15 is 0 Å². The van der Waals surface area contributed by atoms with Gasteiger partial charge in [0, 0.05) is 6.20 Å². The molecule has 90 valence electrons. The maximum Gasteiger partial charge on any atom is 0.145 e. The maximum atomic E-state index is 9.01. The van der Waals surface area contributed by atoms with Crippen molar-refractivity contribution in [3.63, 3.8) is 0 Å². The van der Waals surface area contributed by atoms with Crippen molar-refractivity contribution in [1.82, 2.24) is 20.0 Å². The molecule has 0 amide bonds. The van der Waals surface area contributed by atoms with E-state index in [0.29, 0.717) is 5.69 Å². The molecule has 0 atom stereocenters.